The number of benzene rings is 1. The number of hydrogen-bond donors (Lipinski definition) is 2. The lowest BCUT2D eigenvalue weighted by Gasteiger charge is -2.29. The average Bonchev–Trinajstić information content (AvgIpc) is 2.21. The predicted molar refractivity (Wildman–Crippen MR) is 74.1 cm³/mol. The lowest BCUT2D eigenvalue weighted by atomic mass is 9.85. The third-order valence-corrected chi connectivity index (χ3v) is 3.50. The maximum Gasteiger partial charge on any atom is 0.189 e. The highest BCUT2D eigenvalue weighted by Crippen LogP contribution is 2.35. The molecule has 1 aromatic carbocycles. The summed E-state index contributed by atoms with van der Waals surface area (Å²) in [5.41, 5.74) is 6.32. The van der Waals surface area contributed by atoms with Gasteiger partial charge in [0.2, 0.25) is 0 Å². The van der Waals surface area contributed by atoms with Crippen LogP contribution in [-0.2, 0) is 0 Å². The first-order valence-electron chi connectivity index (χ1n) is 6.21. The standard InChI is InChI=1S/C16H20O2/c1-10-5-11(2)7-14(6-10)15-8-13(4)16(17,18)9-12(15)3/h5-8,17-18H,9H2,1-4H3. The molecule has 0 fully saturated rings. The Kier molecular flexibility index (Phi) is 3.18. The molecular weight excluding hydrogens is 224 g/mol. The van der Waals surface area contributed by atoms with Gasteiger partial charge in [-0.25, -0.2) is 0 Å². The Hall–Kier alpha value is -1.38. The highest BCUT2D eigenvalue weighted by Gasteiger charge is 2.30. The van der Waals surface area contributed by atoms with Crippen molar-refractivity contribution in [2.75, 3.05) is 0 Å². The highest BCUT2D eigenvalue weighted by atomic mass is 16.5. The fourth-order valence-electron chi connectivity index (χ4n) is 2.52. The minimum atomic E-state index is -1.69. The number of hydrogen-bond acceptors (Lipinski definition) is 2. The molecule has 0 spiro atoms. The highest BCUT2D eigenvalue weighted by molar-refractivity contribution is 5.79. The zero-order valence-corrected chi connectivity index (χ0v) is 11.4. The van der Waals surface area contributed by atoms with Gasteiger partial charge in [0.25, 0.3) is 0 Å². The van der Waals surface area contributed by atoms with E-state index >= 15 is 0 Å². The van der Waals surface area contributed by atoms with Crippen molar-refractivity contribution >= 4 is 5.57 Å². The molecule has 1 aliphatic rings. The smallest absolute Gasteiger partial charge is 0.189 e. The average molecular weight is 244 g/mol. The molecule has 96 valence electrons. The first-order valence-corrected chi connectivity index (χ1v) is 6.21. The number of rotatable bonds is 1. The van der Waals surface area contributed by atoms with Crippen molar-refractivity contribution in [1.29, 1.82) is 0 Å². The molecule has 18 heavy (non-hydrogen) atoms. The van der Waals surface area contributed by atoms with E-state index in [1.54, 1.807) is 6.92 Å². The fourth-order valence-corrected chi connectivity index (χ4v) is 2.52. The van der Waals surface area contributed by atoms with E-state index in [0.717, 1.165) is 16.7 Å². The van der Waals surface area contributed by atoms with E-state index in [-0.39, 0.29) is 6.42 Å². The SMILES string of the molecule is CC1=CC(c2cc(C)cc(C)c2)=C(C)CC1(O)O. The van der Waals surface area contributed by atoms with Crippen LogP contribution in [0.4, 0.5) is 0 Å². The van der Waals surface area contributed by atoms with Crippen LogP contribution in [0.1, 0.15) is 37.0 Å². The van der Waals surface area contributed by atoms with Crippen LogP contribution in [0.5, 0.6) is 0 Å². The van der Waals surface area contributed by atoms with Gasteiger partial charge in [-0.05, 0) is 44.4 Å². The maximum atomic E-state index is 9.84. The van der Waals surface area contributed by atoms with Gasteiger partial charge >= 0.3 is 0 Å². The quantitative estimate of drug-likeness (QED) is 0.745. The van der Waals surface area contributed by atoms with Crippen LogP contribution in [0.3, 0.4) is 0 Å². The van der Waals surface area contributed by atoms with Gasteiger partial charge in [-0.15, -0.1) is 0 Å². The maximum absolute atomic E-state index is 9.84. The summed E-state index contributed by atoms with van der Waals surface area (Å²) in [6, 6.07) is 6.41. The van der Waals surface area contributed by atoms with E-state index in [1.165, 1.54) is 11.1 Å². The lowest BCUT2D eigenvalue weighted by molar-refractivity contribution is -0.126. The van der Waals surface area contributed by atoms with Gasteiger partial charge in [-0.3, -0.25) is 0 Å². The number of allylic oxidation sites excluding steroid dienone is 2. The van der Waals surface area contributed by atoms with Crippen molar-refractivity contribution in [1.82, 2.24) is 0 Å². The molecule has 0 bridgehead atoms. The third-order valence-electron chi connectivity index (χ3n) is 3.50. The van der Waals surface area contributed by atoms with E-state index in [1.807, 2.05) is 13.0 Å². The van der Waals surface area contributed by atoms with Gasteiger partial charge in [0.15, 0.2) is 5.79 Å². The molecule has 0 atom stereocenters. The number of aryl methyl sites for hydroxylation is 2. The monoisotopic (exact) mass is 244 g/mol. The van der Waals surface area contributed by atoms with Crippen LogP contribution in [-0.4, -0.2) is 16.0 Å². The summed E-state index contributed by atoms with van der Waals surface area (Å²) in [6.07, 6.45) is 2.16. The second-order valence-corrected chi connectivity index (χ2v) is 5.39. The Labute approximate surface area is 108 Å². The molecule has 0 saturated carbocycles. The molecule has 0 aliphatic heterocycles. The summed E-state index contributed by atoms with van der Waals surface area (Å²) in [5, 5.41) is 19.7. The van der Waals surface area contributed by atoms with E-state index in [9.17, 15) is 10.2 Å². The normalized spacial score (nSPS) is 18.9. The van der Waals surface area contributed by atoms with Gasteiger partial charge in [-0.1, -0.05) is 41.0 Å². The molecule has 0 heterocycles. The second kappa shape index (κ2) is 4.38. The van der Waals surface area contributed by atoms with E-state index < -0.39 is 5.79 Å². The lowest BCUT2D eigenvalue weighted by Crippen LogP contribution is -2.32. The van der Waals surface area contributed by atoms with Crippen LogP contribution in [0.2, 0.25) is 0 Å². The summed E-state index contributed by atoms with van der Waals surface area (Å²) < 4.78 is 0. The molecule has 0 radical (unpaired) electrons. The summed E-state index contributed by atoms with van der Waals surface area (Å²) in [5.74, 6) is -1.69. The van der Waals surface area contributed by atoms with Crippen molar-refractivity contribution < 1.29 is 10.2 Å². The van der Waals surface area contributed by atoms with E-state index in [0.29, 0.717) is 5.57 Å². The minimum Gasteiger partial charge on any atom is -0.362 e. The molecule has 2 rings (SSSR count). The van der Waals surface area contributed by atoms with Crippen LogP contribution in [0.15, 0.2) is 35.4 Å². The van der Waals surface area contributed by atoms with Gasteiger partial charge in [0.05, 0.1) is 0 Å². The minimum absolute atomic E-state index is 0.275. The molecule has 2 N–H and O–H groups in total. The topological polar surface area (TPSA) is 40.5 Å². The number of aliphatic hydroxyl groups is 2. The molecule has 1 aromatic rings. The largest absolute Gasteiger partial charge is 0.362 e. The van der Waals surface area contributed by atoms with E-state index in [2.05, 4.69) is 32.0 Å². The molecule has 0 amide bonds. The molecule has 2 heteroatoms. The summed E-state index contributed by atoms with van der Waals surface area (Å²) in [6.45, 7) is 7.87. The van der Waals surface area contributed by atoms with Crippen molar-refractivity contribution in [2.24, 2.45) is 0 Å². The Morgan fingerprint density at radius 3 is 2.06 bits per heavy atom. The summed E-state index contributed by atoms with van der Waals surface area (Å²) >= 11 is 0. The van der Waals surface area contributed by atoms with Crippen molar-refractivity contribution in [3.05, 3.63) is 52.1 Å². The molecule has 0 aromatic heterocycles. The molecule has 0 saturated heterocycles. The molecular formula is C16H20O2. The molecule has 1 aliphatic carbocycles. The van der Waals surface area contributed by atoms with Crippen LogP contribution < -0.4 is 0 Å². The summed E-state index contributed by atoms with van der Waals surface area (Å²) in [7, 11) is 0. The zero-order valence-electron chi connectivity index (χ0n) is 11.4. The third kappa shape index (κ3) is 2.40. The van der Waals surface area contributed by atoms with Gasteiger partial charge in [0, 0.05) is 6.42 Å². The van der Waals surface area contributed by atoms with Gasteiger partial charge in [-0.2, -0.15) is 0 Å². The first kappa shape index (κ1) is 13.1. The van der Waals surface area contributed by atoms with Crippen LogP contribution >= 0.6 is 0 Å². The molecule has 2 nitrogen and oxygen atoms in total. The van der Waals surface area contributed by atoms with Gasteiger partial charge < -0.3 is 10.2 Å². The zero-order chi connectivity index (χ0) is 13.5. The van der Waals surface area contributed by atoms with Crippen molar-refractivity contribution in [2.45, 2.75) is 39.9 Å². The fraction of sp³-hybridized carbons (Fsp3) is 0.375. The second-order valence-electron chi connectivity index (χ2n) is 5.39. The van der Waals surface area contributed by atoms with Crippen molar-refractivity contribution in [3.63, 3.8) is 0 Å². The summed E-state index contributed by atoms with van der Waals surface area (Å²) in [4.78, 5) is 0. The van der Waals surface area contributed by atoms with Crippen LogP contribution in [0.25, 0.3) is 5.57 Å². The Morgan fingerprint density at radius 1 is 0.944 bits per heavy atom. The van der Waals surface area contributed by atoms with Crippen molar-refractivity contribution in [3.8, 4) is 0 Å². The van der Waals surface area contributed by atoms with E-state index in [4.69, 9.17) is 0 Å². The Balaban J connectivity index is 2.52. The predicted octanol–water partition coefficient (Wildman–Crippen LogP) is 3.11. The van der Waals surface area contributed by atoms with Crippen LogP contribution in [0, 0.1) is 13.8 Å². The molecule has 0 unspecified atom stereocenters. The Morgan fingerprint density at radius 2 is 1.50 bits per heavy atom. The Bertz CT molecular complexity index is 528. The first-order chi connectivity index (χ1) is 8.29. The van der Waals surface area contributed by atoms with Gasteiger partial charge in [0.1, 0.15) is 0 Å².